The Morgan fingerprint density at radius 3 is 2.30 bits per heavy atom. The molecule has 14 nitrogen and oxygen atoms in total. The Hall–Kier alpha value is -3.09. The zero-order chi connectivity index (χ0) is 34.9. The van der Waals surface area contributed by atoms with E-state index in [0.717, 1.165) is 4.31 Å². The predicted molar refractivity (Wildman–Crippen MR) is 174 cm³/mol. The second-order valence-electron chi connectivity index (χ2n) is 11.1. The van der Waals surface area contributed by atoms with Crippen LogP contribution in [0.25, 0.3) is 0 Å². The van der Waals surface area contributed by atoms with Crippen LogP contribution in [0.15, 0.2) is 59.2 Å². The van der Waals surface area contributed by atoms with Gasteiger partial charge in [0, 0.05) is 49.9 Å². The molecule has 0 unspecified atom stereocenters. The fourth-order valence-corrected chi connectivity index (χ4v) is 6.98. The van der Waals surface area contributed by atoms with Crippen molar-refractivity contribution < 1.29 is 48.7 Å². The number of nitrogens with zero attached hydrogens (tertiary/aromatic N) is 2. The van der Waals surface area contributed by atoms with Gasteiger partial charge < -0.3 is 15.0 Å². The molecule has 3 N–H and O–H groups in total. The highest BCUT2D eigenvalue weighted by Crippen LogP contribution is 2.48. The number of esters is 1. The molecule has 0 bridgehead atoms. The molecule has 1 aromatic rings. The lowest BCUT2D eigenvalue weighted by Crippen LogP contribution is -2.29. The van der Waals surface area contributed by atoms with Gasteiger partial charge in [0.25, 0.3) is 20.2 Å². The van der Waals surface area contributed by atoms with Crippen LogP contribution >= 0.6 is 0 Å². The summed E-state index contributed by atoms with van der Waals surface area (Å²) in [5.41, 5.74) is 1.59. The summed E-state index contributed by atoms with van der Waals surface area (Å²) in [5.74, 6) is -2.05. The van der Waals surface area contributed by atoms with Crippen LogP contribution in [0.3, 0.4) is 0 Å². The van der Waals surface area contributed by atoms with Gasteiger partial charge in [-0.15, -0.1) is 0 Å². The van der Waals surface area contributed by atoms with Crippen LogP contribution in [0.5, 0.6) is 0 Å². The Bertz CT molecular complexity index is 1680. The molecule has 0 atom stereocenters. The quantitative estimate of drug-likeness (QED) is 0.114. The zero-order valence-electron chi connectivity index (χ0n) is 26.4. The first-order chi connectivity index (χ1) is 21.2. The number of sulfonamides is 1. The van der Waals surface area contributed by atoms with Gasteiger partial charge in [0.05, 0.1) is 29.4 Å². The summed E-state index contributed by atoms with van der Waals surface area (Å²) in [6.45, 7) is 9.35. The predicted octanol–water partition coefficient (Wildman–Crippen LogP) is 2.42. The minimum Gasteiger partial charge on any atom is -0.466 e. The third kappa shape index (κ3) is 11.3. The molecular weight excluding hydrogens is 663 g/mol. The van der Waals surface area contributed by atoms with Crippen molar-refractivity contribution in [1.29, 1.82) is 0 Å². The van der Waals surface area contributed by atoms with Gasteiger partial charge in [0.1, 0.15) is 0 Å². The van der Waals surface area contributed by atoms with E-state index in [4.69, 9.17) is 9.29 Å². The second-order valence-corrected chi connectivity index (χ2v) is 16.3. The van der Waals surface area contributed by atoms with E-state index in [1.54, 1.807) is 31.2 Å². The van der Waals surface area contributed by atoms with Crippen LogP contribution in [0.1, 0.15) is 52.0 Å². The van der Waals surface area contributed by atoms with Crippen molar-refractivity contribution in [1.82, 2.24) is 9.62 Å². The van der Waals surface area contributed by atoms with Crippen molar-refractivity contribution >= 4 is 47.8 Å². The molecule has 46 heavy (non-hydrogen) atoms. The molecule has 0 saturated heterocycles. The van der Waals surface area contributed by atoms with E-state index in [1.165, 1.54) is 19.2 Å². The monoisotopic (exact) mass is 705 g/mol. The first kappa shape index (κ1) is 39.1. The topological polar surface area (TPSA) is 205 Å². The minimum atomic E-state index is -4.24. The highest BCUT2D eigenvalue weighted by atomic mass is 32.2. The Labute approximate surface area is 271 Å². The summed E-state index contributed by atoms with van der Waals surface area (Å²) >= 11 is 0. The number of carbonyl (C=O) groups is 2. The molecule has 17 heteroatoms. The molecule has 1 heterocycles. The number of rotatable bonds is 18. The van der Waals surface area contributed by atoms with E-state index in [-0.39, 0.29) is 56.8 Å². The number of nitrogens with one attached hydrogen (secondary N) is 1. The molecule has 0 spiro atoms. The normalized spacial score (nSPS) is 16.0. The number of allylic oxidation sites excluding steroid dienone is 4. The average Bonchev–Trinajstić information content (AvgIpc) is 3.14. The molecule has 0 radical (unpaired) electrons. The number of anilines is 1. The van der Waals surface area contributed by atoms with Crippen molar-refractivity contribution in [3.63, 3.8) is 0 Å². The lowest BCUT2D eigenvalue weighted by molar-refractivity contribution is -0.143. The maximum atomic E-state index is 13.5. The van der Waals surface area contributed by atoms with E-state index in [1.807, 2.05) is 18.7 Å². The number of fused-ring (bicyclic) bond motifs is 1. The summed E-state index contributed by atoms with van der Waals surface area (Å²) in [6, 6.07) is 4.64. The van der Waals surface area contributed by atoms with Gasteiger partial charge in [0.2, 0.25) is 15.9 Å². The van der Waals surface area contributed by atoms with Gasteiger partial charge in [0.15, 0.2) is 0 Å². The third-order valence-electron chi connectivity index (χ3n) is 7.28. The molecule has 1 aromatic carbocycles. The molecule has 1 aliphatic heterocycles. The third-order valence-corrected chi connectivity index (χ3v) is 10.7. The van der Waals surface area contributed by atoms with Crippen molar-refractivity contribution in [2.24, 2.45) is 0 Å². The maximum absolute atomic E-state index is 13.5. The zero-order valence-corrected chi connectivity index (χ0v) is 28.9. The van der Waals surface area contributed by atoms with E-state index < -0.39 is 59.1 Å². The highest BCUT2D eigenvalue weighted by Gasteiger charge is 2.41. The Morgan fingerprint density at radius 2 is 1.72 bits per heavy atom. The fourth-order valence-electron chi connectivity index (χ4n) is 4.89. The summed E-state index contributed by atoms with van der Waals surface area (Å²) in [4.78, 5) is 25.9. The van der Waals surface area contributed by atoms with Gasteiger partial charge in [-0.1, -0.05) is 32.6 Å². The maximum Gasteiger partial charge on any atom is 0.305 e. The average molecular weight is 706 g/mol. The SMILES string of the molecule is C=C/C(=C/C=C1/N(CCCS(=O)(=O)O)c2ccc(S(=O)(=O)N(C)CCCC(=O)OCC)cc2C1(C)C)CC(=O)NCCS(=O)(=O)O. The van der Waals surface area contributed by atoms with Crippen LogP contribution in [-0.4, -0.2) is 95.3 Å². The van der Waals surface area contributed by atoms with Crippen LogP contribution in [-0.2, 0) is 50.0 Å². The number of ether oxygens (including phenoxy) is 1. The van der Waals surface area contributed by atoms with Crippen molar-refractivity contribution in [3.05, 3.63) is 59.8 Å². The number of carbonyl (C=O) groups excluding carboxylic acids is 2. The molecule has 0 saturated carbocycles. The largest absolute Gasteiger partial charge is 0.466 e. The lowest BCUT2D eigenvalue weighted by Gasteiger charge is -2.27. The van der Waals surface area contributed by atoms with Gasteiger partial charge in [-0.05, 0) is 55.2 Å². The van der Waals surface area contributed by atoms with Crippen LogP contribution in [0.4, 0.5) is 5.69 Å². The van der Waals surface area contributed by atoms with E-state index in [0.29, 0.717) is 22.5 Å². The summed E-state index contributed by atoms with van der Waals surface area (Å²) in [6.07, 6.45) is 5.04. The first-order valence-corrected chi connectivity index (χ1v) is 19.1. The molecular formula is C29H43N3O11S3. The molecule has 1 aliphatic rings. The summed E-state index contributed by atoms with van der Waals surface area (Å²) in [7, 11) is -11.0. The molecule has 1 amide bonds. The van der Waals surface area contributed by atoms with Crippen LogP contribution in [0, 0.1) is 0 Å². The lowest BCUT2D eigenvalue weighted by atomic mass is 9.83. The van der Waals surface area contributed by atoms with E-state index in [2.05, 4.69) is 11.9 Å². The molecule has 0 fully saturated rings. The standard InChI is InChI=1S/C29H43N3O11S3/c1-6-22(20-27(33)30-15-19-45(38,39)40)11-14-26-29(3,4)24-21-23(12-13-25(24)32(26)17-9-18-44(35,36)37)46(41,42)31(5)16-8-10-28(34)43-7-2/h6,11-14,21H,1,7-10,15-20H2,2-5H3,(H,30,33)(H,35,36,37)(H,38,39,40)/b22-11-,26-14+. The number of hydrogen-bond acceptors (Lipinski definition) is 10. The molecule has 0 aromatic heterocycles. The number of benzene rings is 1. The van der Waals surface area contributed by atoms with Crippen molar-refractivity contribution in [3.8, 4) is 0 Å². The van der Waals surface area contributed by atoms with Crippen LogP contribution < -0.4 is 10.2 Å². The Kier molecular flexibility index (Phi) is 13.7. The Morgan fingerprint density at radius 1 is 1.07 bits per heavy atom. The summed E-state index contributed by atoms with van der Waals surface area (Å²) in [5, 5.41) is 2.40. The Balaban J connectivity index is 2.43. The van der Waals surface area contributed by atoms with Gasteiger partial charge in [-0.25, -0.2) is 12.7 Å². The van der Waals surface area contributed by atoms with Gasteiger partial charge in [-0.2, -0.15) is 16.8 Å². The second kappa shape index (κ2) is 16.1. The van der Waals surface area contributed by atoms with E-state index >= 15 is 0 Å². The number of hydrogen-bond donors (Lipinski definition) is 3. The van der Waals surface area contributed by atoms with E-state index in [9.17, 15) is 39.4 Å². The smallest absolute Gasteiger partial charge is 0.305 e. The van der Waals surface area contributed by atoms with Crippen molar-refractivity contribution in [2.75, 3.05) is 49.7 Å². The first-order valence-electron chi connectivity index (χ1n) is 14.5. The van der Waals surface area contributed by atoms with Crippen molar-refractivity contribution in [2.45, 2.75) is 56.8 Å². The van der Waals surface area contributed by atoms with Crippen LogP contribution in [0.2, 0.25) is 0 Å². The fraction of sp³-hybridized carbons (Fsp3) is 0.517. The summed E-state index contributed by atoms with van der Waals surface area (Å²) < 4.78 is 95.8. The number of amides is 1. The minimum absolute atomic E-state index is 0.0287. The van der Waals surface area contributed by atoms with Gasteiger partial charge >= 0.3 is 5.97 Å². The highest BCUT2D eigenvalue weighted by molar-refractivity contribution is 7.89. The molecule has 0 aliphatic carbocycles. The molecule has 2 rings (SSSR count). The molecule has 258 valence electrons. The van der Waals surface area contributed by atoms with Gasteiger partial charge in [-0.3, -0.25) is 18.7 Å².